The molecule has 0 unspecified atom stereocenters. The van der Waals surface area contributed by atoms with Crippen molar-refractivity contribution < 1.29 is 4.79 Å². The van der Waals surface area contributed by atoms with E-state index in [9.17, 15) is 4.79 Å². The van der Waals surface area contributed by atoms with E-state index in [1.807, 2.05) is 4.68 Å². The monoisotopic (exact) mass is 252 g/mol. The van der Waals surface area contributed by atoms with Crippen LogP contribution in [0.3, 0.4) is 0 Å². The summed E-state index contributed by atoms with van der Waals surface area (Å²) in [6, 6.07) is 0.448. The highest BCUT2D eigenvalue weighted by atomic mass is 32.2. The number of rotatable bonds is 5. The van der Waals surface area contributed by atoms with Crippen LogP contribution in [-0.2, 0) is 4.79 Å². The van der Waals surface area contributed by atoms with Crippen molar-refractivity contribution >= 4 is 17.5 Å². The minimum absolute atomic E-state index is 0.332. The molecule has 0 saturated heterocycles. The summed E-state index contributed by atoms with van der Waals surface area (Å²) in [5.41, 5.74) is 0. The molecule has 1 aromatic rings. The van der Waals surface area contributed by atoms with Crippen molar-refractivity contribution in [2.45, 2.75) is 49.7 Å². The molecule has 2 saturated carbocycles. The minimum atomic E-state index is 0.332. The van der Waals surface area contributed by atoms with Crippen LogP contribution < -0.4 is 0 Å². The van der Waals surface area contributed by atoms with Gasteiger partial charge in [-0.3, -0.25) is 4.79 Å². The molecule has 6 heteroatoms. The zero-order valence-electron chi connectivity index (χ0n) is 9.71. The second kappa shape index (κ2) is 4.76. The molecule has 0 spiro atoms. The zero-order chi connectivity index (χ0) is 11.7. The minimum Gasteiger partial charge on any atom is -0.298 e. The average molecular weight is 252 g/mol. The summed E-state index contributed by atoms with van der Waals surface area (Å²) in [4.78, 5) is 11.6. The molecule has 1 aromatic heterocycles. The quantitative estimate of drug-likeness (QED) is 0.748. The fourth-order valence-electron chi connectivity index (χ4n) is 2.32. The van der Waals surface area contributed by atoms with Crippen LogP contribution in [0, 0.1) is 5.92 Å². The fraction of sp³-hybridized carbons (Fsp3) is 0.818. The molecule has 2 aliphatic rings. The van der Waals surface area contributed by atoms with Crippen LogP contribution in [0.2, 0.25) is 0 Å². The number of Topliss-reactive ketones (excluding diaryl/α,β-unsaturated/α-hetero) is 1. The molecule has 0 aliphatic heterocycles. The van der Waals surface area contributed by atoms with Gasteiger partial charge in [0.1, 0.15) is 5.78 Å². The third-order valence-electron chi connectivity index (χ3n) is 3.51. The van der Waals surface area contributed by atoms with Crippen molar-refractivity contribution in [3.8, 4) is 0 Å². The Balaban J connectivity index is 1.61. The second-order valence-electron chi connectivity index (χ2n) is 4.87. The van der Waals surface area contributed by atoms with E-state index in [-0.39, 0.29) is 0 Å². The first-order valence-corrected chi connectivity index (χ1v) is 7.26. The van der Waals surface area contributed by atoms with E-state index < -0.39 is 0 Å². The van der Waals surface area contributed by atoms with Gasteiger partial charge >= 0.3 is 0 Å². The molecule has 0 bridgehead atoms. The number of hydrogen-bond acceptors (Lipinski definition) is 5. The van der Waals surface area contributed by atoms with Crippen LogP contribution in [0.1, 0.15) is 44.6 Å². The number of nitrogens with zero attached hydrogens (tertiary/aromatic N) is 4. The van der Waals surface area contributed by atoms with Crippen molar-refractivity contribution in [2.24, 2.45) is 5.92 Å². The first kappa shape index (κ1) is 11.2. The van der Waals surface area contributed by atoms with Gasteiger partial charge in [-0.25, -0.2) is 4.68 Å². The lowest BCUT2D eigenvalue weighted by Crippen LogP contribution is -2.10. The smallest absolute Gasteiger partial charge is 0.210 e. The largest absolute Gasteiger partial charge is 0.298 e. The summed E-state index contributed by atoms with van der Waals surface area (Å²) in [5, 5.41) is 12.6. The number of hydrogen-bond donors (Lipinski definition) is 0. The summed E-state index contributed by atoms with van der Waals surface area (Å²) in [6.45, 7) is 0. The van der Waals surface area contributed by atoms with Gasteiger partial charge in [-0.15, -0.1) is 5.10 Å². The molecule has 5 nitrogen and oxygen atoms in total. The number of tetrazole rings is 1. The maximum Gasteiger partial charge on any atom is 0.210 e. The van der Waals surface area contributed by atoms with Gasteiger partial charge in [-0.1, -0.05) is 24.6 Å². The lowest BCUT2D eigenvalue weighted by atomic mass is 10.3. The van der Waals surface area contributed by atoms with E-state index in [0.717, 1.165) is 30.8 Å². The van der Waals surface area contributed by atoms with Crippen molar-refractivity contribution in [2.75, 3.05) is 5.75 Å². The maximum absolute atomic E-state index is 11.6. The fourth-order valence-corrected chi connectivity index (χ4v) is 3.24. The Bertz CT molecular complexity index is 409. The van der Waals surface area contributed by atoms with E-state index in [0.29, 0.717) is 23.5 Å². The normalized spacial score (nSPS) is 20.9. The van der Waals surface area contributed by atoms with Crippen LogP contribution in [0.15, 0.2) is 5.16 Å². The third-order valence-corrected chi connectivity index (χ3v) is 4.47. The molecule has 0 amide bonds. The number of carbonyl (C=O) groups is 1. The summed E-state index contributed by atoms with van der Waals surface area (Å²) < 4.78 is 1.91. The lowest BCUT2D eigenvalue weighted by molar-refractivity contribution is -0.117. The molecule has 0 atom stereocenters. The zero-order valence-corrected chi connectivity index (χ0v) is 10.5. The van der Waals surface area contributed by atoms with Crippen LogP contribution in [0.5, 0.6) is 0 Å². The predicted octanol–water partition coefficient (Wildman–Crippen LogP) is 1.86. The van der Waals surface area contributed by atoms with Crippen LogP contribution >= 0.6 is 11.8 Å². The molecular formula is C11H16N4OS. The Kier molecular flexibility index (Phi) is 3.13. The number of thioether (sulfide) groups is 1. The van der Waals surface area contributed by atoms with E-state index in [2.05, 4.69) is 15.5 Å². The molecule has 3 rings (SSSR count). The number of carbonyl (C=O) groups excluding carboxylic acids is 1. The maximum atomic E-state index is 11.6. The van der Waals surface area contributed by atoms with E-state index in [4.69, 9.17) is 0 Å². The Morgan fingerprint density at radius 3 is 2.76 bits per heavy atom. The van der Waals surface area contributed by atoms with Crippen LogP contribution in [0.25, 0.3) is 0 Å². The summed E-state index contributed by atoms with van der Waals surface area (Å²) in [6.07, 6.45) is 7.00. The molecule has 2 fully saturated rings. The highest BCUT2D eigenvalue weighted by molar-refractivity contribution is 7.99. The van der Waals surface area contributed by atoms with Crippen molar-refractivity contribution in [1.29, 1.82) is 0 Å². The first-order valence-electron chi connectivity index (χ1n) is 6.28. The molecule has 1 heterocycles. The molecule has 92 valence electrons. The highest BCUT2D eigenvalue weighted by Crippen LogP contribution is 2.34. The topological polar surface area (TPSA) is 60.7 Å². The first-order chi connectivity index (χ1) is 8.34. The van der Waals surface area contributed by atoms with Gasteiger partial charge in [-0.2, -0.15) is 0 Å². The molecule has 2 aliphatic carbocycles. The standard InChI is InChI=1S/C11H16N4OS/c16-10(8-5-6-8)7-17-11-12-13-14-15(11)9-3-1-2-4-9/h8-9H,1-7H2. The van der Waals surface area contributed by atoms with Gasteiger partial charge in [0.25, 0.3) is 0 Å². The molecule has 0 aromatic carbocycles. The summed E-state index contributed by atoms with van der Waals surface area (Å²) in [5.74, 6) is 1.21. The highest BCUT2D eigenvalue weighted by Gasteiger charge is 2.30. The van der Waals surface area contributed by atoms with Gasteiger partial charge in [0.05, 0.1) is 11.8 Å². The van der Waals surface area contributed by atoms with E-state index in [1.54, 1.807) is 0 Å². The van der Waals surface area contributed by atoms with Gasteiger partial charge in [0.15, 0.2) is 0 Å². The van der Waals surface area contributed by atoms with E-state index >= 15 is 0 Å². The van der Waals surface area contributed by atoms with Gasteiger partial charge < -0.3 is 0 Å². The number of aromatic nitrogens is 4. The molecule has 0 N–H and O–H groups in total. The predicted molar refractivity (Wildman–Crippen MR) is 63.8 cm³/mol. The van der Waals surface area contributed by atoms with Crippen LogP contribution in [-0.4, -0.2) is 31.7 Å². The van der Waals surface area contributed by atoms with Crippen molar-refractivity contribution in [3.63, 3.8) is 0 Å². The van der Waals surface area contributed by atoms with Gasteiger partial charge in [0, 0.05) is 5.92 Å². The Morgan fingerprint density at radius 1 is 1.29 bits per heavy atom. The van der Waals surface area contributed by atoms with E-state index in [1.165, 1.54) is 24.6 Å². The summed E-state index contributed by atoms with van der Waals surface area (Å²) >= 11 is 1.49. The second-order valence-corrected chi connectivity index (χ2v) is 5.82. The van der Waals surface area contributed by atoms with Gasteiger partial charge in [-0.05, 0) is 36.1 Å². The molecular weight excluding hydrogens is 236 g/mol. The van der Waals surface area contributed by atoms with Crippen molar-refractivity contribution in [1.82, 2.24) is 20.2 Å². The Hall–Kier alpha value is -0.910. The molecule has 0 radical (unpaired) electrons. The molecule has 17 heavy (non-hydrogen) atoms. The van der Waals surface area contributed by atoms with Crippen LogP contribution in [0.4, 0.5) is 0 Å². The Morgan fingerprint density at radius 2 is 2.06 bits per heavy atom. The average Bonchev–Trinajstić information content (AvgIpc) is 2.88. The lowest BCUT2D eigenvalue weighted by Gasteiger charge is -2.10. The third kappa shape index (κ3) is 2.51. The summed E-state index contributed by atoms with van der Waals surface area (Å²) in [7, 11) is 0. The van der Waals surface area contributed by atoms with Crippen molar-refractivity contribution in [3.05, 3.63) is 0 Å². The number of ketones is 1. The van der Waals surface area contributed by atoms with Gasteiger partial charge in [0.2, 0.25) is 5.16 Å². The SMILES string of the molecule is O=C(CSc1nnnn1C1CCCC1)C1CC1. The Labute approximate surface area is 104 Å².